The minimum atomic E-state index is -1.26. The highest BCUT2D eigenvalue weighted by atomic mass is 32.1. The third-order valence-corrected chi connectivity index (χ3v) is 2.75. The van der Waals surface area contributed by atoms with E-state index < -0.39 is 35.8 Å². The van der Waals surface area contributed by atoms with Crippen LogP contribution in [0.15, 0.2) is 5.11 Å². The molecule has 1 fully saturated rings. The number of aliphatic hydroxyl groups is 2. The number of carbonyl (C=O) groups excluding carboxylic acids is 1. The first-order valence-electron chi connectivity index (χ1n) is 4.84. The first kappa shape index (κ1) is 14.1. The van der Waals surface area contributed by atoms with Gasteiger partial charge in [-0.2, -0.15) is 0 Å². The molecule has 0 aromatic heterocycles. The Morgan fingerprint density at radius 2 is 2.24 bits per heavy atom. The normalized spacial score (nSPS) is 37.1. The highest BCUT2D eigenvalue weighted by molar-refractivity contribution is 7.80. The van der Waals surface area contributed by atoms with Gasteiger partial charge in [0.25, 0.3) is 0 Å². The largest absolute Gasteiger partial charge is 0.463 e. The molecule has 1 heterocycles. The van der Waals surface area contributed by atoms with E-state index in [9.17, 15) is 15.0 Å². The number of aliphatic hydroxyl groups excluding tert-OH is 2. The zero-order chi connectivity index (χ0) is 13.0. The smallest absolute Gasteiger partial charge is 0.302 e. The van der Waals surface area contributed by atoms with Gasteiger partial charge in [-0.25, -0.2) is 0 Å². The fraction of sp³-hybridized carbons (Fsp3) is 0.875. The lowest BCUT2D eigenvalue weighted by Crippen LogP contribution is -2.56. The molecular formula is C8H13N3O5S. The number of ether oxygens (including phenoxy) is 2. The van der Waals surface area contributed by atoms with Crippen LogP contribution >= 0.6 is 12.6 Å². The first-order valence-corrected chi connectivity index (χ1v) is 5.36. The number of hydrogen-bond donors (Lipinski definition) is 3. The van der Waals surface area contributed by atoms with E-state index in [4.69, 9.17) is 10.3 Å². The molecule has 0 amide bonds. The van der Waals surface area contributed by atoms with Gasteiger partial charge < -0.3 is 19.7 Å². The van der Waals surface area contributed by atoms with Crippen molar-refractivity contribution in [3.05, 3.63) is 10.4 Å². The van der Waals surface area contributed by atoms with E-state index in [2.05, 4.69) is 27.4 Å². The lowest BCUT2D eigenvalue weighted by Gasteiger charge is -2.38. The monoisotopic (exact) mass is 263 g/mol. The highest BCUT2D eigenvalue weighted by Gasteiger charge is 2.43. The van der Waals surface area contributed by atoms with Crippen molar-refractivity contribution in [2.75, 3.05) is 6.61 Å². The van der Waals surface area contributed by atoms with Crippen LogP contribution in [-0.4, -0.2) is 52.6 Å². The molecule has 96 valence electrons. The molecule has 0 spiro atoms. The van der Waals surface area contributed by atoms with Crippen molar-refractivity contribution >= 4 is 18.6 Å². The van der Waals surface area contributed by atoms with Gasteiger partial charge in [-0.05, 0) is 5.53 Å². The van der Waals surface area contributed by atoms with Gasteiger partial charge in [0.15, 0.2) is 0 Å². The molecule has 0 bridgehead atoms. The van der Waals surface area contributed by atoms with Crippen LogP contribution < -0.4 is 0 Å². The number of azide groups is 1. The molecule has 1 saturated heterocycles. The molecule has 1 rings (SSSR count). The molecular weight excluding hydrogens is 250 g/mol. The summed E-state index contributed by atoms with van der Waals surface area (Å²) in [4.78, 5) is 13.2. The molecule has 2 N–H and O–H groups in total. The molecule has 1 aliphatic rings. The molecule has 5 atom stereocenters. The first-order chi connectivity index (χ1) is 7.97. The number of rotatable bonds is 3. The van der Waals surface area contributed by atoms with Crippen LogP contribution in [0.3, 0.4) is 0 Å². The highest BCUT2D eigenvalue weighted by Crippen LogP contribution is 2.25. The Bertz CT molecular complexity index is 335. The number of hydrogen-bond acceptors (Lipinski definition) is 7. The maximum Gasteiger partial charge on any atom is 0.302 e. The van der Waals surface area contributed by atoms with Crippen LogP contribution in [0, 0.1) is 0 Å². The van der Waals surface area contributed by atoms with Crippen molar-refractivity contribution in [2.45, 2.75) is 36.7 Å². The second kappa shape index (κ2) is 6.08. The van der Waals surface area contributed by atoms with Gasteiger partial charge in [0.1, 0.15) is 24.3 Å². The summed E-state index contributed by atoms with van der Waals surface area (Å²) >= 11 is 3.95. The summed E-state index contributed by atoms with van der Waals surface area (Å²) < 4.78 is 9.83. The predicted molar refractivity (Wildman–Crippen MR) is 59.2 cm³/mol. The van der Waals surface area contributed by atoms with Gasteiger partial charge in [0.05, 0.1) is 12.1 Å². The second-order valence-corrected chi connectivity index (χ2v) is 4.05. The van der Waals surface area contributed by atoms with Crippen LogP contribution in [0.2, 0.25) is 0 Å². The Hall–Kier alpha value is -0.990. The molecule has 9 heteroatoms. The Morgan fingerprint density at radius 1 is 1.59 bits per heavy atom. The van der Waals surface area contributed by atoms with Crippen molar-refractivity contribution in [2.24, 2.45) is 5.11 Å². The zero-order valence-electron chi connectivity index (χ0n) is 9.00. The van der Waals surface area contributed by atoms with E-state index in [1.54, 1.807) is 0 Å². The van der Waals surface area contributed by atoms with Crippen molar-refractivity contribution in [1.29, 1.82) is 0 Å². The molecule has 8 nitrogen and oxygen atoms in total. The van der Waals surface area contributed by atoms with Crippen molar-refractivity contribution in [3.63, 3.8) is 0 Å². The van der Waals surface area contributed by atoms with Crippen molar-refractivity contribution in [1.82, 2.24) is 0 Å². The second-order valence-electron chi connectivity index (χ2n) is 3.54. The average molecular weight is 263 g/mol. The molecule has 1 aliphatic heterocycles. The van der Waals surface area contributed by atoms with Crippen LogP contribution in [0.4, 0.5) is 0 Å². The fourth-order valence-electron chi connectivity index (χ4n) is 1.46. The molecule has 0 aliphatic carbocycles. The van der Waals surface area contributed by atoms with Gasteiger partial charge in [-0.1, -0.05) is 5.11 Å². The number of carbonyl (C=O) groups is 1. The summed E-state index contributed by atoms with van der Waals surface area (Å²) in [5.41, 5.74) is 7.41. The Balaban J connectivity index is 2.73. The Labute approximate surface area is 103 Å². The quantitative estimate of drug-likeness (QED) is 0.210. The standard InChI is InChI=1S/C8H13N3O5S/c1-3(12)15-2-4-6(13)5(10-11-9)7(14)8(17)16-4/h4-8,13-14,17H,2H2,1H3/t4?,5?,6-,7-,8-/m0/s1. The number of esters is 1. The van der Waals surface area contributed by atoms with Crippen LogP contribution in [0.5, 0.6) is 0 Å². The summed E-state index contributed by atoms with van der Waals surface area (Å²) in [6, 6.07) is -1.09. The zero-order valence-corrected chi connectivity index (χ0v) is 9.90. The minimum absolute atomic E-state index is 0.197. The number of thiol groups is 1. The topological polar surface area (TPSA) is 125 Å². The molecule has 0 aromatic carbocycles. The van der Waals surface area contributed by atoms with E-state index >= 15 is 0 Å². The van der Waals surface area contributed by atoms with Crippen LogP contribution in [0.25, 0.3) is 10.4 Å². The summed E-state index contributed by atoms with van der Waals surface area (Å²) in [5, 5.41) is 22.7. The summed E-state index contributed by atoms with van der Waals surface area (Å²) in [7, 11) is 0. The van der Waals surface area contributed by atoms with Crippen LogP contribution in [-0.2, 0) is 14.3 Å². The maximum absolute atomic E-state index is 10.6. The van der Waals surface area contributed by atoms with Crippen LogP contribution in [0.1, 0.15) is 6.92 Å². The van der Waals surface area contributed by atoms with Crippen molar-refractivity contribution in [3.8, 4) is 0 Å². The Morgan fingerprint density at radius 3 is 2.76 bits per heavy atom. The lowest BCUT2D eigenvalue weighted by atomic mass is 9.98. The van der Waals surface area contributed by atoms with Crippen molar-refractivity contribution < 1.29 is 24.5 Å². The third kappa shape index (κ3) is 3.48. The maximum atomic E-state index is 10.6. The molecule has 17 heavy (non-hydrogen) atoms. The molecule has 0 saturated carbocycles. The van der Waals surface area contributed by atoms with Gasteiger partial charge in [-0.15, -0.1) is 12.6 Å². The van der Waals surface area contributed by atoms with Gasteiger partial charge >= 0.3 is 5.97 Å². The molecule has 0 radical (unpaired) electrons. The van der Waals surface area contributed by atoms with E-state index in [1.807, 2.05) is 0 Å². The van der Waals surface area contributed by atoms with E-state index in [0.29, 0.717) is 0 Å². The average Bonchev–Trinajstić information content (AvgIpc) is 2.27. The van der Waals surface area contributed by atoms with E-state index in [-0.39, 0.29) is 6.61 Å². The summed E-state index contributed by atoms with van der Waals surface area (Å²) in [6.07, 6.45) is -3.37. The predicted octanol–water partition coefficient (Wildman–Crippen LogP) is -0.395. The van der Waals surface area contributed by atoms with Gasteiger partial charge in [-0.3, -0.25) is 4.79 Å². The number of nitrogens with zero attached hydrogens (tertiary/aromatic N) is 3. The van der Waals surface area contributed by atoms with Gasteiger partial charge in [0.2, 0.25) is 0 Å². The Kier molecular flexibility index (Phi) is 5.03. The third-order valence-electron chi connectivity index (χ3n) is 2.32. The lowest BCUT2D eigenvalue weighted by molar-refractivity contribution is -0.173. The summed E-state index contributed by atoms with van der Waals surface area (Å²) in [5.74, 6) is -0.525. The van der Waals surface area contributed by atoms with E-state index in [0.717, 1.165) is 0 Å². The molecule has 0 aromatic rings. The minimum Gasteiger partial charge on any atom is -0.463 e. The van der Waals surface area contributed by atoms with E-state index in [1.165, 1.54) is 6.92 Å². The molecule has 2 unspecified atom stereocenters. The fourth-order valence-corrected chi connectivity index (χ4v) is 1.80. The van der Waals surface area contributed by atoms with Gasteiger partial charge in [0, 0.05) is 11.8 Å². The SMILES string of the molecule is CC(=O)OCC1O[C@@H](S)[C@@H](O)C(N=[N+]=[N-])[C@H]1O. The summed E-state index contributed by atoms with van der Waals surface area (Å²) in [6.45, 7) is 1.02.